The van der Waals surface area contributed by atoms with E-state index in [1.54, 1.807) is 12.5 Å². The number of hydrogen-bond donors (Lipinski definition) is 2. The summed E-state index contributed by atoms with van der Waals surface area (Å²) in [5, 5.41) is 7.99. The van der Waals surface area contributed by atoms with Crippen LogP contribution < -0.4 is 10.6 Å². The average Bonchev–Trinajstić information content (AvgIpc) is 2.86. The molecule has 21 heavy (non-hydrogen) atoms. The number of nitrogens with zero attached hydrogens (tertiary/aromatic N) is 3. The van der Waals surface area contributed by atoms with Crippen molar-refractivity contribution in [2.45, 2.75) is 13.8 Å². The van der Waals surface area contributed by atoms with Crippen LogP contribution in [0.4, 0.5) is 11.1 Å². The van der Waals surface area contributed by atoms with E-state index in [2.05, 4.69) is 25.6 Å². The normalized spacial score (nSPS) is 10.4. The number of aryl methyl sites for hydroxylation is 2. The van der Waals surface area contributed by atoms with Gasteiger partial charge in [-0.25, -0.2) is 15.0 Å². The third kappa shape index (κ3) is 4.47. The van der Waals surface area contributed by atoms with E-state index in [9.17, 15) is 4.79 Å². The van der Waals surface area contributed by atoms with Crippen LogP contribution in [0, 0.1) is 13.8 Å². The van der Waals surface area contributed by atoms with E-state index >= 15 is 0 Å². The lowest BCUT2D eigenvalue weighted by Gasteiger charge is -2.03. The third-order valence-corrected chi connectivity index (χ3v) is 3.29. The summed E-state index contributed by atoms with van der Waals surface area (Å²) in [6, 6.07) is 1.89. The number of anilines is 2. The number of thiazole rings is 1. The maximum absolute atomic E-state index is 11.8. The molecule has 0 unspecified atom stereocenters. The molecule has 0 spiro atoms. The Bertz CT molecular complexity index is 609. The van der Waals surface area contributed by atoms with Crippen LogP contribution in [-0.4, -0.2) is 41.1 Å². The molecular formula is C13H17N5O2S. The predicted octanol–water partition coefficient (Wildman–Crippen LogP) is 1.67. The lowest BCUT2D eigenvalue weighted by atomic mass is 10.4. The summed E-state index contributed by atoms with van der Waals surface area (Å²) in [5.74, 6) is 0.255. The van der Waals surface area contributed by atoms with Gasteiger partial charge < -0.3 is 15.4 Å². The van der Waals surface area contributed by atoms with E-state index in [0.717, 1.165) is 11.4 Å². The number of carbonyl (C=O) groups excluding carboxylic acids is 1. The van der Waals surface area contributed by atoms with Crippen molar-refractivity contribution in [3.05, 3.63) is 28.5 Å². The van der Waals surface area contributed by atoms with Gasteiger partial charge in [0.2, 0.25) is 5.95 Å². The molecule has 2 heterocycles. The molecule has 112 valence electrons. The molecule has 2 aromatic rings. The summed E-state index contributed by atoms with van der Waals surface area (Å²) in [7, 11) is 1.58. The highest BCUT2D eigenvalue weighted by Gasteiger charge is 2.11. The summed E-state index contributed by atoms with van der Waals surface area (Å²) in [6.07, 6.45) is 0. The first-order chi connectivity index (χ1) is 10.1. The van der Waals surface area contributed by atoms with Crippen molar-refractivity contribution in [1.29, 1.82) is 0 Å². The van der Waals surface area contributed by atoms with Gasteiger partial charge in [-0.2, -0.15) is 0 Å². The highest BCUT2D eigenvalue weighted by atomic mass is 32.1. The molecule has 0 saturated carbocycles. The van der Waals surface area contributed by atoms with Gasteiger partial charge in [-0.05, 0) is 19.9 Å². The van der Waals surface area contributed by atoms with E-state index in [1.807, 2.05) is 19.9 Å². The lowest BCUT2D eigenvalue weighted by Crippen LogP contribution is -2.27. The monoisotopic (exact) mass is 307 g/mol. The van der Waals surface area contributed by atoms with E-state index < -0.39 is 0 Å². The zero-order valence-electron chi connectivity index (χ0n) is 12.1. The Balaban J connectivity index is 2.01. The Labute approximate surface area is 126 Å². The minimum absolute atomic E-state index is 0.224. The molecule has 1 amide bonds. The number of nitrogens with one attached hydrogen (secondary N) is 2. The minimum Gasteiger partial charge on any atom is -0.383 e. The molecule has 7 nitrogen and oxygen atoms in total. The lowest BCUT2D eigenvalue weighted by molar-refractivity contribution is 0.0933. The van der Waals surface area contributed by atoms with Crippen molar-refractivity contribution >= 4 is 28.3 Å². The molecular weight excluding hydrogens is 290 g/mol. The zero-order valence-corrected chi connectivity index (χ0v) is 13.0. The second-order valence-electron chi connectivity index (χ2n) is 4.39. The van der Waals surface area contributed by atoms with Gasteiger partial charge >= 0.3 is 0 Å². The second-order valence-corrected chi connectivity index (χ2v) is 5.24. The Morgan fingerprint density at radius 3 is 2.67 bits per heavy atom. The molecule has 0 atom stereocenters. The molecule has 8 heteroatoms. The minimum atomic E-state index is -0.224. The number of rotatable bonds is 6. The van der Waals surface area contributed by atoms with Gasteiger partial charge in [-0.15, -0.1) is 11.3 Å². The molecule has 0 fully saturated rings. The fourth-order valence-electron chi connectivity index (χ4n) is 1.67. The molecule has 2 aromatic heterocycles. The highest BCUT2D eigenvalue weighted by molar-refractivity contribution is 7.14. The molecule has 0 radical (unpaired) electrons. The fraction of sp³-hybridized carbons (Fsp3) is 0.385. The maximum Gasteiger partial charge on any atom is 0.270 e. The van der Waals surface area contributed by atoms with Crippen molar-refractivity contribution < 1.29 is 9.53 Å². The Kier molecular flexibility index (Phi) is 5.18. The number of amides is 1. The highest BCUT2D eigenvalue weighted by Crippen LogP contribution is 2.19. The Morgan fingerprint density at radius 2 is 2.00 bits per heavy atom. The van der Waals surface area contributed by atoms with Gasteiger partial charge in [0.25, 0.3) is 5.91 Å². The smallest absolute Gasteiger partial charge is 0.270 e. The standard InChI is InChI=1S/C13H17N5O2S/c1-8-6-9(2)16-12(15-8)18-13-17-10(7-21-13)11(19)14-4-5-20-3/h6-7H,4-5H2,1-3H3,(H,14,19)(H,15,16,17,18). The van der Waals surface area contributed by atoms with Crippen LogP contribution in [0.15, 0.2) is 11.4 Å². The van der Waals surface area contributed by atoms with E-state index in [4.69, 9.17) is 4.74 Å². The van der Waals surface area contributed by atoms with Crippen LogP contribution in [0.2, 0.25) is 0 Å². The van der Waals surface area contributed by atoms with Crippen molar-refractivity contribution in [3.63, 3.8) is 0 Å². The SMILES string of the molecule is COCCNC(=O)c1csc(Nc2nc(C)cc(C)n2)n1. The van der Waals surface area contributed by atoms with Gasteiger partial charge in [-0.1, -0.05) is 0 Å². The van der Waals surface area contributed by atoms with Gasteiger partial charge in [0, 0.05) is 30.4 Å². The summed E-state index contributed by atoms with van der Waals surface area (Å²) in [5.41, 5.74) is 2.11. The summed E-state index contributed by atoms with van der Waals surface area (Å²) in [4.78, 5) is 24.6. The zero-order chi connectivity index (χ0) is 15.2. The van der Waals surface area contributed by atoms with Gasteiger partial charge in [-0.3, -0.25) is 4.79 Å². The topological polar surface area (TPSA) is 89.0 Å². The summed E-state index contributed by atoms with van der Waals surface area (Å²) >= 11 is 1.33. The van der Waals surface area contributed by atoms with Crippen LogP contribution in [0.1, 0.15) is 21.9 Å². The van der Waals surface area contributed by atoms with Gasteiger partial charge in [0.05, 0.1) is 6.61 Å². The van der Waals surface area contributed by atoms with Crippen LogP contribution in [0.25, 0.3) is 0 Å². The first kappa shape index (κ1) is 15.3. The number of hydrogen-bond acceptors (Lipinski definition) is 7. The van der Waals surface area contributed by atoms with Crippen molar-refractivity contribution in [1.82, 2.24) is 20.3 Å². The molecule has 0 aliphatic carbocycles. The number of carbonyl (C=O) groups is 1. The van der Waals surface area contributed by atoms with E-state index in [-0.39, 0.29) is 5.91 Å². The second kappa shape index (κ2) is 7.09. The van der Waals surface area contributed by atoms with Crippen molar-refractivity contribution in [2.24, 2.45) is 0 Å². The van der Waals surface area contributed by atoms with Crippen LogP contribution in [0.3, 0.4) is 0 Å². The van der Waals surface area contributed by atoms with Crippen LogP contribution in [0.5, 0.6) is 0 Å². The largest absolute Gasteiger partial charge is 0.383 e. The van der Waals surface area contributed by atoms with Gasteiger partial charge in [0.15, 0.2) is 5.13 Å². The molecule has 0 bridgehead atoms. The fourth-order valence-corrected chi connectivity index (χ4v) is 2.35. The molecule has 2 rings (SSSR count). The van der Waals surface area contributed by atoms with E-state index in [0.29, 0.717) is 29.9 Å². The number of ether oxygens (including phenoxy) is 1. The van der Waals surface area contributed by atoms with Crippen molar-refractivity contribution in [2.75, 3.05) is 25.6 Å². The predicted molar refractivity (Wildman–Crippen MR) is 81.1 cm³/mol. The molecule has 0 aromatic carbocycles. The maximum atomic E-state index is 11.8. The molecule has 2 N–H and O–H groups in total. The molecule has 0 aliphatic heterocycles. The number of methoxy groups -OCH3 is 1. The first-order valence-corrected chi connectivity index (χ1v) is 7.28. The Hall–Kier alpha value is -2.06. The quantitative estimate of drug-likeness (QED) is 0.789. The van der Waals surface area contributed by atoms with E-state index in [1.165, 1.54) is 11.3 Å². The summed E-state index contributed by atoms with van der Waals surface area (Å²) < 4.78 is 4.87. The Morgan fingerprint density at radius 1 is 1.29 bits per heavy atom. The summed E-state index contributed by atoms with van der Waals surface area (Å²) in [6.45, 7) is 4.72. The average molecular weight is 307 g/mol. The number of aromatic nitrogens is 3. The molecule has 0 saturated heterocycles. The third-order valence-electron chi connectivity index (χ3n) is 2.53. The van der Waals surface area contributed by atoms with Crippen LogP contribution >= 0.6 is 11.3 Å². The van der Waals surface area contributed by atoms with Gasteiger partial charge in [0.1, 0.15) is 5.69 Å². The van der Waals surface area contributed by atoms with Crippen LogP contribution in [-0.2, 0) is 4.74 Å². The molecule has 0 aliphatic rings. The van der Waals surface area contributed by atoms with Crippen molar-refractivity contribution in [3.8, 4) is 0 Å². The first-order valence-electron chi connectivity index (χ1n) is 6.40.